The summed E-state index contributed by atoms with van der Waals surface area (Å²) in [6.45, 7) is 9.82. The fourth-order valence-corrected chi connectivity index (χ4v) is 4.72. The van der Waals surface area contributed by atoms with Crippen molar-refractivity contribution in [2.24, 2.45) is 5.10 Å². The van der Waals surface area contributed by atoms with Gasteiger partial charge in [0.15, 0.2) is 0 Å². The van der Waals surface area contributed by atoms with Crippen molar-refractivity contribution in [3.8, 4) is 5.69 Å². The lowest BCUT2D eigenvalue weighted by atomic mass is 9.99. The van der Waals surface area contributed by atoms with Gasteiger partial charge in [0.05, 0.1) is 12.2 Å². The fraction of sp³-hybridized carbons (Fsp3) is 0.241. The molecule has 1 aromatic heterocycles. The largest absolute Gasteiger partial charge is 0.339 e. The van der Waals surface area contributed by atoms with Crippen LogP contribution >= 0.6 is 11.6 Å². The number of benzene rings is 3. The molecule has 0 unspecified atom stereocenters. The Hall–Kier alpha value is -3.97. The third-order valence-electron chi connectivity index (χ3n) is 6.61. The molecular formula is C29H29ClN6O. The minimum Gasteiger partial charge on any atom is -0.339 e. The monoisotopic (exact) mass is 512 g/mol. The molecule has 37 heavy (non-hydrogen) atoms. The quantitative estimate of drug-likeness (QED) is 0.328. The van der Waals surface area contributed by atoms with E-state index in [1.807, 2.05) is 83.8 Å². The SMILES string of the molecule is CCN(CC)C(=O)c1ccc(CN2N=C(c3ccc(Cl)cc3)c3ccc(C)cc3-n3c(C)nnc32)cc1. The van der Waals surface area contributed by atoms with Gasteiger partial charge in [0, 0.05) is 34.8 Å². The number of amides is 1. The molecule has 8 heteroatoms. The first-order valence-corrected chi connectivity index (χ1v) is 12.8. The number of nitrogens with zero attached hydrogens (tertiary/aromatic N) is 6. The van der Waals surface area contributed by atoms with Crippen LogP contribution in [-0.4, -0.2) is 44.4 Å². The molecule has 5 rings (SSSR count). The Morgan fingerprint density at radius 2 is 1.62 bits per heavy atom. The number of carbonyl (C=O) groups excluding carboxylic acids is 1. The van der Waals surface area contributed by atoms with Crippen LogP contribution in [0.15, 0.2) is 71.8 Å². The number of hydrogen-bond donors (Lipinski definition) is 0. The summed E-state index contributed by atoms with van der Waals surface area (Å²) in [5.41, 5.74) is 6.56. The highest BCUT2D eigenvalue weighted by atomic mass is 35.5. The molecule has 0 aliphatic carbocycles. The van der Waals surface area contributed by atoms with E-state index in [0.29, 0.717) is 36.2 Å². The number of hydrogen-bond acceptors (Lipinski definition) is 5. The van der Waals surface area contributed by atoms with E-state index in [1.165, 1.54) is 0 Å². The second-order valence-corrected chi connectivity index (χ2v) is 9.53. The first-order valence-electron chi connectivity index (χ1n) is 12.4. The van der Waals surface area contributed by atoms with E-state index in [0.717, 1.165) is 39.5 Å². The van der Waals surface area contributed by atoms with Crippen molar-refractivity contribution in [1.82, 2.24) is 19.7 Å². The van der Waals surface area contributed by atoms with Gasteiger partial charge < -0.3 is 4.90 Å². The molecule has 0 spiro atoms. The molecule has 0 N–H and O–H groups in total. The molecule has 0 fully saturated rings. The average Bonchev–Trinajstić information content (AvgIpc) is 3.23. The van der Waals surface area contributed by atoms with Crippen molar-refractivity contribution in [2.75, 3.05) is 18.1 Å². The number of carbonyl (C=O) groups is 1. The van der Waals surface area contributed by atoms with Crippen molar-refractivity contribution in [3.05, 3.63) is 105 Å². The van der Waals surface area contributed by atoms with Crippen LogP contribution in [-0.2, 0) is 6.54 Å². The van der Waals surface area contributed by atoms with Gasteiger partial charge in [-0.05, 0) is 69.2 Å². The minimum atomic E-state index is 0.0376. The van der Waals surface area contributed by atoms with E-state index in [2.05, 4.69) is 35.3 Å². The molecule has 1 amide bonds. The molecule has 2 heterocycles. The Morgan fingerprint density at radius 3 is 2.30 bits per heavy atom. The van der Waals surface area contributed by atoms with Crippen LogP contribution in [0.2, 0.25) is 5.02 Å². The highest BCUT2D eigenvalue weighted by molar-refractivity contribution is 6.30. The molecule has 0 bridgehead atoms. The van der Waals surface area contributed by atoms with Crippen molar-refractivity contribution < 1.29 is 4.79 Å². The van der Waals surface area contributed by atoms with Crippen LogP contribution in [0.1, 0.15) is 52.3 Å². The summed E-state index contributed by atoms with van der Waals surface area (Å²) in [5, 5.41) is 16.6. The number of rotatable bonds is 6. The highest BCUT2D eigenvalue weighted by Crippen LogP contribution is 2.31. The van der Waals surface area contributed by atoms with Gasteiger partial charge in [-0.1, -0.05) is 48.0 Å². The molecule has 1 aliphatic heterocycles. The second-order valence-electron chi connectivity index (χ2n) is 9.09. The average molecular weight is 513 g/mol. The third-order valence-corrected chi connectivity index (χ3v) is 6.86. The van der Waals surface area contributed by atoms with E-state index in [1.54, 1.807) is 0 Å². The lowest BCUT2D eigenvalue weighted by Crippen LogP contribution is -2.30. The molecule has 0 saturated heterocycles. The number of anilines is 1. The molecule has 4 aromatic rings. The van der Waals surface area contributed by atoms with Crippen molar-refractivity contribution in [3.63, 3.8) is 0 Å². The minimum absolute atomic E-state index is 0.0376. The summed E-state index contributed by atoms with van der Waals surface area (Å²) in [4.78, 5) is 14.6. The van der Waals surface area contributed by atoms with Crippen molar-refractivity contribution in [2.45, 2.75) is 34.2 Å². The molecule has 0 saturated carbocycles. The van der Waals surface area contributed by atoms with Gasteiger partial charge >= 0.3 is 0 Å². The summed E-state index contributed by atoms with van der Waals surface area (Å²) < 4.78 is 2.05. The Balaban J connectivity index is 1.59. The molecule has 188 valence electrons. The van der Waals surface area contributed by atoms with E-state index in [9.17, 15) is 4.79 Å². The van der Waals surface area contributed by atoms with E-state index in [4.69, 9.17) is 16.7 Å². The smallest absolute Gasteiger partial charge is 0.253 e. The number of aromatic nitrogens is 3. The van der Waals surface area contributed by atoms with Crippen LogP contribution in [0.4, 0.5) is 5.95 Å². The maximum atomic E-state index is 12.8. The van der Waals surface area contributed by atoms with Gasteiger partial charge in [-0.25, -0.2) is 5.01 Å². The van der Waals surface area contributed by atoms with E-state index < -0.39 is 0 Å². The maximum Gasteiger partial charge on any atom is 0.253 e. The molecule has 7 nitrogen and oxygen atoms in total. The molecule has 3 aromatic carbocycles. The van der Waals surface area contributed by atoms with E-state index in [-0.39, 0.29) is 5.91 Å². The van der Waals surface area contributed by atoms with Crippen molar-refractivity contribution >= 4 is 29.2 Å². The summed E-state index contributed by atoms with van der Waals surface area (Å²) in [7, 11) is 0. The first-order chi connectivity index (χ1) is 17.9. The zero-order valence-corrected chi connectivity index (χ0v) is 22.2. The first kappa shape index (κ1) is 24.7. The van der Waals surface area contributed by atoms with Gasteiger partial charge in [0.2, 0.25) is 0 Å². The topological polar surface area (TPSA) is 66.6 Å². The van der Waals surface area contributed by atoms with Gasteiger partial charge in [-0.15, -0.1) is 10.2 Å². The summed E-state index contributed by atoms with van der Waals surface area (Å²) in [6, 6.07) is 21.7. The Labute approximate surface area is 222 Å². The summed E-state index contributed by atoms with van der Waals surface area (Å²) >= 11 is 6.19. The van der Waals surface area contributed by atoms with Crippen LogP contribution in [0.25, 0.3) is 5.69 Å². The molecule has 0 radical (unpaired) electrons. The van der Waals surface area contributed by atoms with Crippen LogP contribution < -0.4 is 5.01 Å². The zero-order chi connectivity index (χ0) is 26.1. The normalized spacial score (nSPS) is 12.5. The second kappa shape index (κ2) is 10.2. The zero-order valence-electron chi connectivity index (χ0n) is 21.4. The third kappa shape index (κ3) is 4.74. The lowest BCUT2D eigenvalue weighted by Gasteiger charge is -2.20. The van der Waals surface area contributed by atoms with Gasteiger partial charge in [-0.2, -0.15) is 5.10 Å². The van der Waals surface area contributed by atoms with Gasteiger partial charge in [0.25, 0.3) is 11.9 Å². The standard InChI is InChI=1S/C29H29ClN6O/c1-5-34(6-2)28(37)23-10-8-21(9-11-23)18-35-29-32-31-20(4)36(29)26-17-19(3)7-16-25(26)27(33-35)22-12-14-24(30)15-13-22/h7-17H,5-6,18H2,1-4H3. The van der Waals surface area contributed by atoms with Crippen LogP contribution in [0, 0.1) is 13.8 Å². The van der Waals surface area contributed by atoms with Gasteiger partial charge in [-0.3, -0.25) is 9.36 Å². The number of aryl methyl sites for hydroxylation is 2. The number of fused-ring (bicyclic) bond motifs is 3. The number of hydrazone groups is 1. The Bertz CT molecular complexity index is 1470. The predicted octanol–water partition coefficient (Wildman–Crippen LogP) is 5.79. The Morgan fingerprint density at radius 1 is 0.919 bits per heavy atom. The molecule has 1 aliphatic rings. The Kier molecular flexibility index (Phi) is 6.80. The fourth-order valence-electron chi connectivity index (χ4n) is 4.59. The summed E-state index contributed by atoms with van der Waals surface area (Å²) in [6.07, 6.45) is 0. The highest BCUT2D eigenvalue weighted by Gasteiger charge is 2.27. The summed E-state index contributed by atoms with van der Waals surface area (Å²) in [5.74, 6) is 1.45. The van der Waals surface area contributed by atoms with Crippen LogP contribution in [0.5, 0.6) is 0 Å². The predicted molar refractivity (Wildman–Crippen MR) is 148 cm³/mol. The number of halogens is 1. The molecule has 0 atom stereocenters. The maximum absolute atomic E-state index is 12.8. The lowest BCUT2D eigenvalue weighted by molar-refractivity contribution is 0.0773. The molecular weight excluding hydrogens is 484 g/mol. The van der Waals surface area contributed by atoms with E-state index >= 15 is 0 Å². The van der Waals surface area contributed by atoms with Gasteiger partial charge in [0.1, 0.15) is 11.5 Å². The van der Waals surface area contributed by atoms with Crippen molar-refractivity contribution in [1.29, 1.82) is 0 Å². The van der Waals surface area contributed by atoms with Crippen LogP contribution in [0.3, 0.4) is 0 Å².